The van der Waals surface area contributed by atoms with Gasteiger partial charge in [0.25, 0.3) is 0 Å². The van der Waals surface area contributed by atoms with E-state index in [1.807, 2.05) is 26.0 Å². The van der Waals surface area contributed by atoms with Crippen LogP contribution >= 0.6 is 0 Å². The van der Waals surface area contributed by atoms with E-state index in [4.69, 9.17) is 9.47 Å². The third-order valence-corrected chi connectivity index (χ3v) is 3.58. The number of ether oxygens (including phenoxy) is 2. The number of rotatable bonds is 9. The molecule has 2 amide bonds. The van der Waals surface area contributed by atoms with Crippen molar-refractivity contribution in [3.05, 3.63) is 24.3 Å². The molecule has 0 heterocycles. The molecule has 23 heavy (non-hydrogen) atoms. The topological polar surface area (TPSA) is 59.1 Å². The zero-order valence-electron chi connectivity index (χ0n) is 14.4. The van der Waals surface area contributed by atoms with Gasteiger partial charge in [0.1, 0.15) is 18.1 Å². The molecule has 0 fully saturated rings. The summed E-state index contributed by atoms with van der Waals surface area (Å²) < 4.78 is 10.7. The summed E-state index contributed by atoms with van der Waals surface area (Å²) in [6.07, 6.45) is 0. The monoisotopic (exact) mass is 322 g/mol. The van der Waals surface area contributed by atoms with E-state index < -0.39 is 0 Å². The van der Waals surface area contributed by atoms with Crippen molar-refractivity contribution in [1.82, 2.24) is 9.80 Å². The third-order valence-electron chi connectivity index (χ3n) is 3.58. The molecule has 1 aromatic carbocycles. The van der Waals surface area contributed by atoms with Crippen molar-refractivity contribution >= 4 is 11.8 Å². The summed E-state index contributed by atoms with van der Waals surface area (Å²) in [6, 6.07) is 7.22. The van der Waals surface area contributed by atoms with Gasteiger partial charge in [-0.25, -0.2) is 0 Å². The smallest absolute Gasteiger partial charge is 0.242 e. The molecular weight excluding hydrogens is 296 g/mol. The molecule has 0 bridgehead atoms. The number of hydrogen-bond donors (Lipinski definition) is 0. The number of nitrogens with zero attached hydrogens (tertiary/aromatic N) is 2. The fraction of sp³-hybridized carbons (Fsp3) is 0.529. The molecule has 0 radical (unpaired) electrons. The Labute approximate surface area is 138 Å². The summed E-state index contributed by atoms with van der Waals surface area (Å²) >= 11 is 0. The van der Waals surface area contributed by atoms with Gasteiger partial charge in [-0.2, -0.15) is 0 Å². The molecule has 6 heteroatoms. The highest BCUT2D eigenvalue weighted by Gasteiger charge is 2.17. The first-order valence-electron chi connectivity index (χ1n) is 7.81. The number of benzene rings is 1. The maximum Gasteiger partial charge on any atom is 0.242 e. The molecule has 0 aliphatic rings. The zero-order chi connectivity index (χ0) is 17.2. The fourth-order valence-electron chi connectivity index (χ4n) is 2.13. The fourth-order valence-corrected chi connectivity index (χ4v) is 2.13. The van der Waals surface area contributed by atoms with Gasteiger partial charge in [-0.1, -0.05) is 0 Å². The molecule has 0 saturated heterocycles. The lowest BCUT2D eigenvalue weighted by Crippen LogP contribution is -2.43. The van der Waals surface area contributed by atoms with Crippen LogP contribution in [0.2, 0.25) is 0 Å². The van der Waals surface area contributed by atoms with Crippen molar-refractivity contribution in [2.45, 2.75) is 20.8 Å². The quantitative estimate of drug-likeness (QED) is 0.695. The lowest BCUT2D eigenvalue weighted by molar-refractivity contribution is -0.139. The summed E-state index contributed by atoms with van der Waals surface area (Å²) in [5, 5.41) is 0. The molecular formula is C17H26N2O4. The van der Waals surface area contributed by atoms with Gasteiger partial charge < -0.3 is 19.3 Å². The van der Waals surface area contributed by atoms with Gasteiger partial charge >= 0.3 is 0 Å². The standard InChI is InChI=1S/C17H26N2O4/c1-5-18(6-2)17(21)13-19(14(3)20)11-12-23-16-9-7-15(22-4)8-10-16/h7-10H,5-6,11-13H2,1-4H3. The average molecular weight is 322 g/mol. The van der Waals surface area contributed by atoms with Crippen LogP contribution in [0.5, 0.6) is 11.5 Å². The normalized spacial score (nSPS) is 10.1. The van der Waals surface area contributed by atoms with Gasteiger partial charge in [0, 0.05) is 20.0 Å². The van der Waals surface area contributed by atoms with Crippen molar-refractivity contribution in [3.63, 3.8) is 0 Å². The molecule has 0 aliphatic carbocycles. The van der Waals surface area contributed by atoms with Crippen LogP contribution in [-0.4, -0.2) is 61.5 Å². The number of hydrogen-bond acceptors (Lipinski definition) is 4. The minimum absolute atomic E-state index is 0.0466. The summed E-state index contributed by atoms with van der Waals surface area (Å²) in [5.41, 5.74) is 0. The Hall–Kier alpha value is -2.24. The third kappa shape index (κ3) is 6.18. The van der Waals surface area contributed by atoms with Gasteiger partial charge in [0.15, 0.2) is 0 Å². The minimum Gasteiger partial charge on any atom is -0.497 e. The molecule has 128 valence electrons. The Bertz CT molecular complexity index is 498. The lowest BCUT2D eigenvalue weighted by atomic mass is 10.3. The van der Waals surface area contributed by atoms with Crippen molar-refractivity contribution in [3.8, 4) is 11.5 Å². The van der Waals surface area contributed by atoms with Crippen LogP contribution < -0.4 is 9.47 Å². The Kier molecular flexibility index (Phi) is 7.94. The van der Waals surface area contributed by atoms with Crippen LogP contribution in [0.1, 0.15) is 20.8 Å². The zero-order valence-corrected chi connectivity index (χ0v) is 14.4. The second-order valence-corrected chi connectivity index (χ2v) is 5.03. The molecule has 0 N–H and O–H groups in total. The van der Waals surface area contributed by atoms with Gasteiger partial charge in [-0.3, -0.25) is 9.59 Å². The molecule has 1 aromatic rings. The molecule has 0 saturated carbocycles. The van der Waals surface area contributed by atoms with Crippen LogP contribution in [0.25, 0.3) is 0 Å². The van der Waals surface area contributed by atoms with E-state index in [-0.39, 0.29) is 18.4 Å². The van der Waals surface area contributed by atoms with E-state index in [0.29, 0.717) is 32.0 Å². The predicted molar refractivity (Wildman–Crippen MR) is 88.7 cm³/mol. The van der Waals surface area contributed by atoms with Crippen LogP contribution in [0.4, 0.5) is 0 Å². The first-order valence-corrected chi connectivity index (χ1v) is 7.81. The summed E-state index contributed by atoms with van der Waals surface area (Å²) in [7, 11) is 1.60. The number of carbonyl (C=O) groups excluding carboxylic acids is 2. The molecule has 6 nitrogen and oxygen atoms in total. The number of methoxy groups -OCH3 is 1. The van der Waals surface area contributed by atoms with Crippen molar-refractivity contribution in [1.29, 1.82) is 0 Å². The minimum atomic E-state index is -0.135. The summed E-state index contributed by atoms with van der Waals surface area (Å²) in [5.74, 6) is 1.27. The van der Waals surface area contributed by atoms with E-state index in [9.17, 15) is 9.59 Å². The van der Waals surface area contributed by atoms with E-state index >= 15 is 0 Å². The first-order chi connectivity index (χ1) is 11.0. The van der Waals surface area contributed by atoms with Crippen LogP contribution in [-0.2, 0) is 9.59 Å². The maximum absolute atomic E-state index is 12.1. The molecule has 0 atom stereocenters. The van der Waals surface area contributed by atoms with Crippen molar-refractivity contribution in [2.24, 2.45) is 0 Å². The first kappa shape index (κ1) is 18.8. The Morgan fingerprint density at radius 3 is 2.04 bits per heavy atom. The second kappa shape index (κ2) is 9.71. The lowest BCUT2D eigenvalue weighted by Gasteiger charge is -2.25. The van der Waals surface area contributed by atoms with Gasteiger partial charge in [-0.15, -0.1) is 0 Å². The Morgan fingerprint density at radius 2 is 1.57 bits per heavy atom. The number of carbonyl (C=O) groups is 2. The van der Waals surface area contributed by atoms with E-state index in [1.54, 1.807) is 24.1 Å². The van der Waals surface area contributed by atoms with Gasteiger partial charge in [-0.05, 0) is 38.1 Å². The van der Waals surface area contributed by atoms with Crippen molar-refractivity contribution in [2.75, 3.05) is 39.9 Å². The highest BCUT2D eigenvalue weighted by molar-refractivity contribution is 5.83. The summed E-state index contributed by atoms with van der Waals surface area (Å²) in [4.78, 5) is 27.0. The SMILES string of the molecule is CCN(CC)C(=O)CN(CCOc1ccc(OC)cc1)C(C)=O. The average Bonchev–Trinajstić information content (AvgIpc) is 2.55. The van der Waals surface area contributed by atoms with Crippen molar-refractivity contribution < 1.29 is 19.1 Å². The number of amides is 2. The van der Waals surface area contributed by atoms with E-state index in [1.165, 1.54) is 11.8 Å². The Morgan fingerprint density at radius 1 is 1.00 bits per heavy atom. The largest absolute Gasteiger partial charge is 0.497 e. The molecule has 1 rings (SSSR count). The summed E-state index contributed by atoms with van der Waals surface area (Å²) in [6.45, 7) is 7.38. The molecule has 0 spiro atoms. The van der Waals surface area contributed by atoms with Gasteiger partial charge in [0.05, 0.1) is 20.2 Å². The number of likely N-dealkylation sites (N-methyl/N-ethyl adjacent to an activating group) is 1. The van der Waals surface area contributed by atoms with E-state index in [0.717, 1.165) is 5.75 Å². The molecule has 0 aliphatic heterocycles. The van der Waals surface area contributed by atoms with Gasteiger partial charge in [0.2, 0.25) is 11.8 Å². The highest BCUT2D eigenvalue weighted by Crippen LogP contribution is 2.16. The van der Waals surface area contributed by atoms with E-state index in [2.05, 4.69) is 0 Å². The maximum atomic E-state index is 12.1. The second-order valence-electron chi connectivity index (χ2n) is 5.03. The molecule has 0 unspecified atom stereocenters. The highest BCUT2D eigenvalue weighted by atomic mass is 16.5. The van der Waals surface area contributed by atoms with Crippen LogP contribution in [0, 0.1) is 0 Å². The van der Waals surface area contributed by atoms with Crippen LogP contribution in [0.15, 0.2) is 24.3 Å². The molecule has 0 aromatic heterocycles. The predicted octanol–water partition coefficient (Wildman–Crippen LogP) is 1.79. The van der Waals surface area contributed by atoms with Crippen LogP contribution in [0.3, 0.4) is 0 Å². The Balaban J connectivity index is 2.49.